The van der Waals surface area contributed by atoms with E-state index in [1.807, 2.05) is 24.3 Å². The minimum absolute atomic E-state index is 0.00929. The maximum absolute atomic E-state index is 12.6. The molecule has 1 N–H and O–H groups in total. The standard InChI is InChI=1S/C28H31NO3S/c30-26(18-27-29-25(19-33-27)17-28(31)32)24-15-11-21(12-16-24)10-14-23-8-4-3-7-22(23)13-9-20-5-1-2-6-20/h3-4,7-8,11-12,15-16,19-20H,1-2,5-6,9-10,13-14,17-18H2,(H,31,32). The van der Waals surface area contributed by atoms with E-state index in [0.717, 1.165) is 18.8 Å². The van der Waals surface area contributed by atoms with Crippen LogP contribution in [0, 0.1) is 5.92 Å². The zero-order valence-corrected chi connectivity index (χ0v) is 19.8. The van der Waals surface area contributed by atoms with Crippen LogP contribution in [-0.4, -0.2) is 21.8 Å². The number of carboxylic acid groups (broad SMARTS) is 1. The Morgan fingerprint density at radius 3 is 2.30 bits per heavy atom. The summed E-state index contributed by atoms with van der Waals surface area (Å²) in [4.78, 5) is 27.7. The Morgan fingerprint density at radius 1 is 0.909 bits per heavy atom. The largest absolute Gasteiger partial charge is 0.481 e. The van der Waals surface area contributed by atoms with Gasteiger partial charge in [-0.3, -0.25) is 9.59 Å². The predicted molar refractivity (Wildman–Crippen MR) is 132 cm³/mol. The molecule has 1 aromatic heterocycles. The number of carboxylic acids is 1. The van der Waals surface area contributed by atoms with Gasteiger partial charge >= 0.3 is 5.97 Å². The molecule has 172 valence electrons. The van der Waals surface area contributed by atoms with Gasteiger partial charge in [0, 0.05) is 10.9 Å². The number of ketones is 1. The Kier molecular flexibility index (Phi) is 8.05. The molecule has 1 fully saturated rings. The first-order valence-electron chi connectivity index (χ1n) is 11.9. The van der Waals surface area contributed by atoms with E-state index in [0.29, 0.717) is 16.3 Å². The fourth-order valence-corrected chi connectivity index (χ4v) is 5.54. The second-order valence-corrected chi connectivity index (χ2v) is 10.0. The number of hydrogen-bond acceptors (Lipinski definition) is 4. The molecule has 1 aliphatic carbocycles. The Hall–Kier alpha value is -2.79. The summed E-state index contributed by atoms with van der Waals surface area (Å²) in [7, 11) is 0. The van der Waals surface area contributed by atoms with E-state index in [4.69, 9.17) is 5.11 Å². The number of carbonyl (C=O) groups is 2. The third kappa shape index (κ3) is 6.84. The lowest BCUT2D eigenvalue weighted by atomic mass is 9.93. The van der Waals surface area contributed by atoms with Gasteiger partial charge in [0.1, 0.15) is 5.01 Å². The minimum Gasteiger partial charge on any atom is -0.481 e. The molecule has 0 spiro atoms. The lowest BCUT2D eigenvalue weighted by Crippen LogP contribution is -2.05. The van der Waals surface area contributed by atoms with E-state index >= 15 is 0 Å². The molecule has 0 unspecified atom stereocenters. The average Bonchev–Trinajstić information content (AvgIpc) is 3.49. The summed E-state index contributed by atoms with van der Waals surface area (Å²) in [6, 6.07) is 16.7. The van der Waals surface area contributed by atoms with Crippen molar-refractivity contribution in [3.63, 3.8) is 0 Å². The van der Waals surface area contributed by atoms with Gasteiger partial charge in [-0.05, 0) is 48.3 Å². The van der Waals surface area contributed by atoms with Crippen LogP contribution in [0.4, 0.5) is 0 Å². The fraction of sp³-hybridized carbons (Fsp3) is 0.393. The van der Waals surface area contributed by atoms with Gasteiger partial charge in [-0.15, -0.1) is 11.3 Å². The van der Waals surface area contributed by atoms with Crippen LogP contribution in [0.2, 0.25) is 0 Å². The summed E-state index contributed by atoms with van der Waals surface area (Å²) in [5, 5.41) is 11.2. The average molecular weight is 462 g/mol. The number of aryl methyl sites for hydroxylation is 3. The molecule has 4 rings (SSSR count). The van der Waals surface area contributed by atoms with Crippen molar-refractivity contribution in [3.8, 4) is 0 Å². The number of benzene rings is 2. The summed E-state index contributed by atoms with van der Waals surface area (Å²) >= 11 is 1.34. The van der Waals surface area contributed by atoms with E-state index in [1.54, 1.807) is 5.38 Å². The SMILES string of the molecule is O=C(O)Cc1csc(CC(=O)c2ccc(CCc3ccccc3CCC3CCCC3)cc2)n1. The molecule has 0 aliphatic heterocycles. The number of carbonyl (C=O) groups excluding carboxylic acids is 1. The van der Waals surface area contributed by atoms with Gasteiger partial charge in [-0.2, -0.15) is 0 Å². The summed E-state index contributed by atoms with van der Waals surface area (Å²) in [5.74, 6) is 0.0107. The summed E-state index contributed by atoms with van der Waals surface area (Å²) in [5.41, 5.74) is 5.34. The second kappa shape index (κ2) is 11.4. The summed E-state index contributed by atoms with van der Waals surface area (Å²) < 4.78 is 0. The van der Waals surface area contributed by atoms with E-state index in [1.165, 1.54) is 66.6 Å². The molecule has 3 aromatic rings. The van der Waals surface area contributed by atoms with Gasteiger partial charge in [-0.1, -0.05) is 74.2 Å². The van der Waals surface area contributed by atoms with Gasteiger partial charge in [0.15, 0.2) is 5.78 Å². The van der Waals surface area contributed by atoms with Crippen LogP contribution in [0.3, 0.4) is 0 Å². The number of nitrogens with zero attached hydrogens (tertiary/aromatic N) is 1. The Labute approximate surface area is 199 Å². The van der Waals surface area contributed by atoms with E-state index in [9.17, 15) is 9.59 Å². The zero-order chi connectivity index (χ0) is 23.0. The molecule has 33 heavy (non-hydrogen) atoms. The molecule has 0 atom stereocenters. The van der Waals surface area contributed by atoms with Crippen molar-refractivity contribution >= 4 is 23.1 Å². The number of thiazole rings is 1. The number of aliphatic carboxylic acids is 1. The van der Waals surface area contributed by atoms with Crippen LogP contribution in [0.5, 0.6) is 0 Å². The summed E-state index contributed by atoms with van der Waals surface area (Å²) in [6.07, 6.45) is 10.2. The molecular weight excluding hydrogens is 430 g/mol. The molecular formula is C28H31NO3S. The highest BCUT2D eigenvalue weighted by molar-refractivity contribution is 7.09. The van der Waals surface area contributed by atoms with Crippen LogP contribution in [0.15, 0.2) is 53.9 Å². The van der Waals surface area contributed by atoms with Crippen molar-refractivity contribution in [2.24, 2.45) is 5.92 Å². The fourth-order valence-electron chi connectivity index (χ4n) is 4.75. The quantitative estimate of drug-likeness (QED) is 0.350. The van der Waals surface area contributed by atoms with Gasteiger partial charge in [-0.25, -0.2) is 4.98 Å². The van der Waals surface area contributed by atoms with Crippen molar-refractivity contribution in [3.05, 3.63) is 86.9 Å². The smallest absolute Gasteiger partial charge is 0.309 e. The van der Waals surface area contributed by atoms with Gasteiger partial charge in [0.2, 0.25) is 0 Å². The summed E-state index contributed by atoms with van der Waals surface area (Å²) in [6.45, 7) is 0. The third-order valence-corrected chi connectivity index (χ3v) is 7.52. The van der Waals surface area contributed by atoms with E-state index in [2.05, 4.69) is 29.2 Å². The van der Waals surface area contributed by atoms with Crippen LogP contribution < -0.4 is 0 Å². The molecule has 0 bridgehead atoms. The first kappa shape index (κ1) is 23.4. The predicted octanol–water partition coefficient (Wildman–Crippen LogP) is 6.10. The Bertz CT molecular complexity index is 1080. The first-order valence-corrected chi connectivity index (χ1v) is 12.8. The molecule has 0 radical (unpaired) electrons. The van der Waals surface area contributed by atoms with Crippen LogP contribution in [0.1, 0.15) is 69.9 Å². The zero-order valence-electron chi connectivity index (χ0n) is 19.0. The van der Waals surface area contributed by atoms with E-state index < -0.39 is 5.97 Å². The normalized spacial score (nSPS) is 13.9. The van der Waals surface area contributed by atoms with Gasteiger partial charge in [0.05, 0.1) is 18.5 Å². The highest BCUT2D eigenvalue weighted by Crippen LogP contribution is 2.29. The molecule has 1 aliphatic rings. The Balaban J connectivity index is 1.30. The molecule has 1 saturated carbocycles. The molecule has 0 saturated heterocycles. The van der Waals surface area contributed by atoms with Crippen LogP contribution in [-0.2, 0) is 36.9 Å². The van der Waals surface area contributed by atoms with Gasteiger partial charge < -0.3 is 5.11 Å². The molecule has 1 heterocycles. The van der Waals surface area contributed by atoms with Gasteiger partial charge in [0.25, 0.3) is 0 Å². The van der Waals surface area contributed by atoms with Crippen LogP contribution in [0.25, 0.3) is 0 Å². The maximum Gasteiger partial charge on any atom is 0.309 e. The second-order valence-electron chi connectivity index (χ2n) is 9.06. The highest BCUT2D eigenvalue weighted by Gasteiger charge is 2.15. The lowest BCUT2D eigenvalue weighted by Gasteiger charge is -2.13. The third-order valence-electron chi connectivity index (χ3n) is 6.62. The van der Waals surface area contributed by atoms with Crippen molar-refractivity contribution in [2.75, 3.05) is 0 Å². The number of aromatic nitrogens is 1. The van der Waals surface area contributed by atoms with Crippen molar-refractivity contribution in [1.82, 2.24) is 4.98 Å². The maximum atomic E-state index is 12.6. The van der Waals surface area contributed by atoms with Crippen molar-refractivity contribution in [1.29, 1.82) is 0 Å². The lowest BCUT2D eigenvalue weighted by molar-refractivity contribution is -0.136. The molecule has 0 amide bonds. The first-order chi connectivity index (χ1) is 16.1. The molecule has 4 nitrogen and oxygen atoms in total. The highest BCUT2D eigenvalue weighted by atomic mass is 32.1. The van der Waals surface area contributed by atoms with Crippen LogP contribution >= 0.6 is 11.3 Å². The van der Waals surface area contributed by atoms with Crippen molar-refractivity contribution in [2.45, 2.75) is 64.2 Å². The number of rotatable bonds is 11. The molecule has 2 aromatic carbocycles. The topological polar surface area (TPSA) is 67.3 Å². The number of hydrogen-bond donors (Lipinski definition) is 1. The minimum atomic E-state index is -0.912. The monoisotopic (exact) mass is 461 g/mol. The Morgan fingerprint density at radius 2 is 1.61 bits per heavy atom. The van der Waals surface area contributed by atoms with E-state index in [-0.39, 0.29) is 18.6 Å². The van der Waals surface area contributed by atoms with Crippen molar-refractivity contribution < 1.29 is 14.7 Å². The molecule has 5 heteroatoms. The number of Topliss-reactive ketones (excluding diaryl/α,β-unsaturated/α-hetero) is 1.